The standard InChI is InChI=1S/C25H15ClO5/c26-21-7-3-1-6-16(21)14-29-17-9-10-18-19(13-24(27)30-23(18)12-17)20-11-15-5-2-4-8-22(15)31-25(20)28/h1-13H,14H2. The number of hydrogen-bond donors (Lipinski definition) is 0. The van der Waals surface area contributed by atoms with Crippen LogP contribution in [-0.2, 0) is 6.61 Å². The van der Waals surface area contributed by atoms with Crippen molar-refractivity contribution >= 4 is 33.5 Å². The van der Waals surface area contributed by atoms with Crippen molar-refractivity contribution in [2.24, 2.45) is 0 Å². The number of rotatable bonds is 4. The number of hydrogen-bond acceptors (Lipinski definition) is 5. The molecule has 0 aliphatic heterocycles. The van der Waals surface area contributed by atoms with Gasteiger partial charge in [0, 0.05) is 39.1 Å². The molecule has 0 radical (unpaired) electrons. The van der Waals surface area contributed by atoms with Gasteiger partial charge in [0.2, 0.25) is 0 Å². The maximum Gasteiger partial charge on any atom is 0.344 e. The summed E-state index contributed by atoms with van der Waals surface area (Å²) in [6.07, 6.45) is 0. The molecule has 0 N–H and O–H groups in total. The van der Waals surface area contributed by atoms with E-state index in [0.29, 0.717) is 38.5 Å². The third-order valence-electron chi connectivity index (χ3n) is 5.00. The Balaban J connectivity index is 1.58. The van der Waals surface area contributed by atoms with E-state index in [-0.39, 0.29) is 6.61 Å². The van der Waals surface area contributed by atoms with Gasteiger partial charge in [-0.15, -0.1) is 0 Å². The second kappa shape index (κ2) is 7.78. The smallest absolute Gasteiger partial charge is 0.344 e. The van der Waals surface area contributed by atoms with Crippen LogP contribution in [0.3, 0.4) is 0 Å². The van der Waals surface area contributed by atoms with Crippen molar-refractivity contribution in [1.29, 1.82) is 0 Å². The monoisotopic (exact) mass is 430 g/mol. The van der Waals surface area contributed by atoms with Crippen LogP contribution in [0.25, 0.3) is 33.1 Å². The molecular formula is C25H15ClO5. The molecule has 3 aromatic carbocycles. The first-order valence-electron chi connectivity index (χ1n) is 9.56. The predicted molar refractivity (Wildman–Crippen MR) is 120 cm³/mol. The first-order valence-corrected chi connectivity index (χ1v) is 9.94. The van der Waals surface area contributed by atoms with E-state index in [4.69, 9.17) is 25.2 Å². The van der Waals surface area contributed by atoms with Gasteiger partial charge in [-0.3, -0.25) is 0 Å². The van der Waals surface area contributed by atoms with Gasteiger partial charge in [0.15, 0.2) is 0 Å². The lowest BCUT2D eigenvalue weighted by atomic mass is 10.0. The van der Waals surface area contributed by atoms with E-state index >= 15 is 0 Å². The lowest BCUT2D eigenvalue weighted by Crippen LogP contribution is -2.06. The summed E-state index contributed by atoms with van der Waals surface area (Å²) in [7, 11) is 0. The van der Waals surface area contributed by atoms with Crippen molar-refractivity contribution in [2.75, 3.05) is 0 Å². The molecule has 0 saturated heterocycles. The van der Waals surface area contributed by atoms with E-state index in [9.17, 15) is 9.59 Å². The summed E-state index contributed by atoms with van der Waals surface area (Å²) in [5, 5.41) is 1.98. The summed E-state index contributed by atoms with van der Waals surface area (Å²) >= 11 is 6.17. The maximum atomic E-state index is 12.6. The summed E-state index contributed by atoms with van der Waals surface area (Å²) in [6, 6.07) is 22.8. The minimum atomic E-state index is -0.571. The van der Waals surface area contributed by atoms with Gasteiger partial charge in [-0.25, -0.2) is 9.59 Å². The number of benzene rings is 3. The van der Waals surface area contributed by atoms with Crippen molar-refractivity contribution in [1.82, 2.24) is 0 Å². The zero-order valence-electron chi connectivity index (χ0n) is 16.1. The SMILES string of the molecule is O=c1cc(-c2cc3ccccc3oc2=O)c2ccc(OCc3ccccc3Cl)cc2o1. The molecule has 31 heavy (non-hydrogen) atoms. The van der Waals surface area contributed by atoms with Crippen molar-refractivity contribution < 1.29 is 13.6 Å². The van der Waals surface area contributed by atoms with Gasteiger partial charge in [0.05, 0.1) is 5.56 Å². The molecule has 5 aromatic rings. The van der Waals surface area contributed by atoms with Gasteiger partial charge in [0.1, 0.15) is 23.5 Å². The number of fused-ring (bicyclic) bond motifs is 2. The van der Waals surface area contributed by atoms with Gasteiger partial charge < -0.3 is 13.6 Å². The average molecular weight is 431 g/mol. The lowest BCUT2D eigenvalue weighted by Gasteiger charge is -2.10. The van der Waals surface area contributed by atoms with Crippen LogP contribution in [0.4, 0.5) is 0 Å². The fourth-order valence-electron chi connectivity index (χ4n) is 3.48. The largest absolute Gasteiger partial charge is 0.489 e. The molecule has 5 nitrogen and oxygen atoms in total. The van der Waals surface area contributed by atoms with Crippen LogP contribution in [0.2, 0.25) is 5.02 Å². The first-order chi connectivity index (χ1) is 15.1. The Kier molecular flexibility index (Phi) is 4.81. The van der Waals surface area contributed by atoms with Crippen LogP contribution in [0, 0.1) is 0 Å². The van der Waals surface area contributed by atoms with E-state index in [1.807, 2.05) is 30.3 Å². The van der Waals surface area contributed by atoms with Crippen molar-refractivity contribution in [2.45, 2.75) is 6.61 Å². The van der Waals surface area contributed by atoms with Gasteiger partial charge >= 0.3 is 11.3 Å². The van der Waals surface area contributed by atoms with Crippen LogP contribution < -0.4 is 16.0 Å². The Hall–Kier alpha value is -3.83. The Morgan fingerprint density at radius 3 is 2.45 bits per heavy atom. The molecule has 0 aliphatic rings. The van der Waals surface area contributed by atoms with E-state index in [1.54, 1.807) is 42.5 Å². The third kappa shape index (κ3) is 3.71. The highest BCUT2D eigenvalue weighted by Gasteiger charge is 2.14. The highest BCUT2D eigenvalue weighted by atomic mass is 35.5. The molecule has 0 atom stereocenters. The van der Waals surface area contributed by atoms with Crippen LogP contribution in [0.15, 0.2) is 97.3 Å². The van der Waals surface area contributed by atoms with Crippen molar-refractivity contribution in [3.63, 3.8) is 0 Å². The number of ether oxygens (including phenoxy) is 1. The molecule has 0 spiro atoms. The van der Waals surface area contributed by atoms with E-state index < -0.39 is 11.3 Å². The third-order valence-corrected chi connectivity index (χ3v) is 5.37. The molecule has 0 fully saturated rings. The first kappa shape index (κ1) is 19.2. The summed E-state index contributed by atoms with van der Waals surface area (Å²) in [6.45, 7) is 0.267. The Morgan fingerprint density at radius 1 is 0.774 bits per heavy atom. The van der Waals surface area contributed by atoms with Crippen molar-refractivity contribution in [3.05, 3.63) is 110 Å². The summed E-state index contributed by atoms with van der Waals surface area (Å²) in [4.78, 5) is 24.8. The average Bonchev–Trinajstić information content (AvgIpc) is 2.77. The quantitative estimate of drug-likeness (QED) is 0.337. The summed E-state index contributed by atoms with van der Waals surface area (Å²) < 4.78 is 16.6. The molecule has 0 aliphatic carbocycles. The van der Waals surface area contributed by atoms with E-state index in [1.165, 1.54) is 6.07 Å². The lowest BCUT2D eigenvalue weighted by molar-refractivity contribution is 0.306. The molecular weight excluding hydrogens is 416 g/mol. The molecule has 2 heterocycles. The van der Waals surface area contributed by atoms with Gasteiger partial charge in [-0.05, 0) is 30.3 Å². The molecule has 0 amide bonds. The van der Waals surface area contributed by atoms with Crippen LogP contribution >= 0.6 is 11.6 Å². The fourth-order valence-corrected chi connectivity index (χ4v) is 3.67. The van der Waals surface area contributed by atoms with E-state index in [2.05, 4.69) is 0 Å². The Bertz CT molecular complexity index is 1550. The molecule has 152 valence electrons. The Labute approximate surface area is 181 Å². The summed E-state index contributed by atoms with van der Waals surface area (Å²) in [5.74, 6) is 0.512. The van der Waals surface area contributed by atoms with Crippen molar-refractivity contribution in [3.8, 4) is 16.9 Å². The van der Waals surface area contributed by atoms with Gasteiger partial charge in [-0.2, -0.15) is 0 Å². The van der Waals surface area contributed by atoms with E-state index in [0.717, 1.165) is 10.9 Å². The predicted octanol–water partition coefficient (Wildman–Crippen LogP) is 5.80. The molecule has 0 bridgehead atoms. The summed E-state index contributed by atoms with van der Waals surface area (Å²) in [5.41, 5.74) is 1.28. The minimum absolute atomic E-state index is 0.267. The maximum absolute atomic E-state index is 12.6. The molecule has 5 rings (SSSR count). The van der Waals surface area contributed by atoms with Gasteiger partial charge in [-0.1, -0.05) is 48.0 Å². The Morgan fingerprint density at radius 2 is 1.58 bits per heavy atom. The second-order valence-corrected chi connectivity index (χ2v) is 7.41. The zero-order valence-corrected chi connectivity index (χ0v) is 16.9. The topological polar surface area (TPSA) is 69.7 Å². The number of halogens is 1. The molecule has 2 aromatic heterocycles. The molecule has 0 unspecified atom stereocenters. The normalized spacial score (nSPS) is 11.1. The number of para-hydroxylation sites is 1. The van der Waals surface area contributed by atoms with Crippen LogP contribution in [-0.4, -0.2) is 0 Å². The van der Waals surface area contributed by atoms with Crippen LogP contribution in [0.5, 0.6) is 5.75 Å². The molecule has 0 saturated carbocycles. The van der Waals surface area contributed by atoms with Crippen LogP contribution in [0.1, 0.15) is 5.56 Å². The molecule has 6 heteroatoms. The fraction of sp³-hybridized carbons (Fsp3) is 0.0400. The minimum Gasteiger partial charge on any atom is -0.489 e. The second-order valence-electron chi connectivity index (χ2n) is 7.00. The highest BCUT2D eigenvalue weighted by molar-refractivity contribution is 6.31. The highest BCUT2D eigenvalue weighted by Crippen LogP contribution is 2.30. The van der Waals surface area contributed by atoms with Gasteiger partial charge in [0.25, 0.3) is 0 Å². The zero-order chi connectivity index (χ0) is 21.4.